The van der Waals surface area contributed by atoms with Crippen LogP contribution in [-0.4, -0.2) is 61.1 Å². The summed E-state index contributed by atoms with van der Waals surface area (Å²) in [5.41, 5.74) is 2.08. The van der Waals surface area contributed by atoms with Crippen molar-refractivity contribution in [3.05, 3.63) is 77.1 Å². The highest BCUT2D eigenvalue weighted by Gasteiger charge is 2.20. The lowest BCUT2D eigenvalue weighted by Crippen LogP contribution is -2.36. The van der Waals surface area contributed by atoms with Crippen LogP contribution in [0.1, 0.15) is 36.8 Å². The molecule has 4 rings (SSSR count). The second-order valence-corrected chi connectivity index (χ2v) is 10.7. The van der Waals surface area contributed by atoms with E-state index in [1.54, 1.807) is 63.8 Å². The summed E-state index contributed by atoms with van der Waals surface area (Å²) in [4.78, 5) is 30.6. The van der Waals surface area contributed by atoms with E-state index in [9.17, 15) is 14.0 Å². The molecule has 3 aromatic heterocycles. The Bertz CT molecular complexity index is 1570. The molecule has 2 amide bonds. The summed E-state index contributed by atoms with van der Waals surface area (Å²) in [6.45, 7) is 7.89. The van der Waals surface area contributed by atoms with E-state index < -0.39 is 23.4 Å². The van der Waals surface area contributed by atoms with Crippen LogP contribution in [-0.2, 0) is 11.3 Å². The molecule has 2 N–H and O–H groups in total. The van der Waals surface area contributed by atoms with Gasteiger partial charge >= 0.3 is 6.09 Å². The zero-order valence-electron chi connectivity index (χ0n) is 23.3. The standard InChI is InChI=1S/C28H30ClFN8O3/c1-17-23(14-24(36-35-17)21-12-19(29)6-7-22(21)30)33-20-8-9-31-25(13-20)34-26(39)18-15-32-38(16-18)11-10-37(5)27(40)41-28(2,3)4/h6-9,12-16H,10-11H2,1-5H3,(H2,31,33,34,36,39). The lowest BCUT2D eigenvalue weighted by molar-refractivity contribution is 0.0292. The number of carbonyl (C=O) groups excluding carboxylic acids is 2. The number of hydrogen-bond donors (Lipinski definition) is 2. The molecule has 0 unspecified atom stereocenters. The molecule has 4 aromatic rings. The number of benzene rings is 1. The smallest absolute Gasteiger partial charge is 0.410 e. The van der Waals surface area contributed by atoms with Crippen LogP contribution in [0.2, 0.25) is 5.02 Å². The van der Waals surface area contributed by atoms with Crippen molar-refractivity contribution in [2.45, 2.75) is 39.8 Å². The maximum Gasteiger partial charge on any atom is 0.410 e. The highest BCUT2D eigenvalue weighted by Crippen LogP contribution is 2.28. The molecule has 0 aliphatic carbocycles. The Morgan fingerprint density at radius 3 is 2.68 bits per heavy atom. The van der Waals surface area contributed by atoms with E-state index in [0.29, 0.717) is 52.3 Å². The first-order valence-electron chi connectivity index (χ1n) is 12.7. The minimum atomic E-state index is -0.587. The fourth-order valence-corrected chi connectivity index (χ4v) is 3.78. The monoisotopic (exact) mass is 580 g/mol. The first-order chi connectivity index (χ1) is 19.4. The molecule has 0 spiro atoms. The predicted molar refractivity (Wildman–Crippen MR) is 154 cm³/mol. The predicted octanol–water partition coefficient (Wildman–Crippen LogP) is 5.70. The molecular weight excluding hydrogens is 551 g/mol. The highest BCUT2D eigenvalue weighted by molar-refractivity contribution is 6.30. The molecule has 41 heavy (non-hydrogen) atoms. The third-order valence-corrected chi connectivity index (χ3v) is 5.96. The summed E-state index contributed by atoms with van der Waals surface area (Å²) in [5, 5.41) is 18.8. The normalized spacial score (nSPS) is 11.2. The maximum absolute atomic E-state index is 14.4. The minimum Gasteiger partial charge on any atom is -0.444 e. The van der Waals surface area contributed by atoms with E-state index in [1.165, 1.54) is 35.5 Å². The first kappa shape index (κ1) is 29.4. The molecule has 0 saturated heterocycles. The number of carbonyl (C=O) groups is 2. The van der Waals surface area contributed by atoms with Gasteiger partial charge in [-0.25, -0.2) is 14.2 Å². The Balaban J connectivity index is 1.40. The third kappa shape index (κ3) is 7.98. The summed E-state index contributed by atoms with van der Waals surface area (Å²) in [7, 11) is 1.64. The Morgan fingerprint density at radius 2 is 1.93 bits per heavy atom. The van der Waals surface area contributed by atoms with Gasteiger partial charge in [-0.1, -0.05) is 11.6 Å². The van der Waals surface area contributed by atoms with Crippen LogP contribution in [0, 0.1) is 12.7 Å². The summed E-state index contributed by atoms with van der Waals surface area (Å²) in [6.07, 6.45) is 4.12. The second kappa shape index (κ2) is 12.3. The van der Waals surface area contributed by atoms with Crippen molar-refractivity contribution < 1.29 is 18.7 Å². The number of aromatic nitrogens is 5. The third-order valence-electron chi connectivity index (χ3n) is 5.73. The maximum atomic E-state index is 14.4. The van der Waals surface area contributed by atoms with Crippen LogP contribution in [0.5, 0.6) is 0 Å². The van der Waals surface area contributed by atoms with Crippen molar-refractivity contribution in [2.24, 2.45) is 0 Å². The van der Waals surface area contributed by atoms with Crippen LogP contribution in [0.25, 0.3) is 11.3 Å². The summed E-state index contributed by atoms with van der Waals surface area (Å²) < 4.78 is 21.3. The van der Waals surface area contributed by atoms with Crippen LogP contribution >= 0.6 is 11.6 Å². The largest absolute Gasteiger partial charge is 0.444 e. The Morgan fingerprint density at radius 1 is 1.15 bits per heavy atom. The molecular formula is C28H30ClFN8O3. The van der Waals surface area contributed by atoms with Crippen molar-refractivity contribution in [1.29, 1.82) is 0 Å². The molecule has 0 radical (unpaired) electrons. The average molecular weight is 581 g/mol. The van der Waals surface area contributed by atoms with Crippen molar-refractivity contribution in [2.75, 3.05) is 24.2 Å². The van der Waals surface area contributed by atoms with Gasteiger partial charge < -0.3 is 20.3 Å². The molecule has 13 heteroatoms. The fourth-order valence-electron chi connectivity index (χ4n) is 3.61. The summed E-state index contributed by atoms with van der Waals surface area (Å²) >= 11 is 6.03. The van der Waals surface area contributed by atoms with Crippen molar-refractivity contribution >= 4 is 40.8 Å². The molecule has 0 saturated carbocycles. The van der Waals surface area contributed by atoms with E-state index in [4.69, 9.17) is 16.3 Å². The summed E-state index contributed by atoms with van der Waals surface area (Å²) in [5.74, 6) is -0.564. The number of halogens is 2. The molecule has 0 atom stereocenters. The van der Waals surface area contributed by atoms with Crippen molar-refractivity contribution in [1.82, 2.24) is 29.9 Å². The highest BCUT2D eigenvalue weighted by atomic mass is 35.5. The number of anilines is 3. The number of nitrogens with one attached hydrogen (secondary N) is 2. The van der Waals surface area contributed by atoms with E-state index >= 15 is 0 Å². The van der Waals surface area contributed by atoms with Gasteiger partial charge in [0, 0.05) is 48.3 Å². The van der Waals surface area contributed by atoms with Crippen molar-refractivity contribution in [3.8, 4) is 11.3 Å². The van der Waals surface area contributed by atoms with Gasteiger partial charge in [-0.05, 0) is 58.0 Å². The zero-order valence-corrected chi connectivity index (χ0v) is 24.0. The van der Waals surface area contributed by atoms with Crippen LogP contribution in [0.15, 0.2) is 55.0 Å². The van der Waals surface area contributed by atoms with Crippen molar-refractivity contribution in [3.63, 3.8) is 0 Å². The molecule has 1 aromatic carbocycles. The number of nitrogens with zero attached hydrogens (tertiary/aromatic N) is 6. The second-order valence-electron chi connectivity index (χ2n) is 10.3. The van der Waals surface area contributed by atoms with Gasteiger partial charge in [0.05, 0.1) is 35.4 Å². The number of pyridine rings is 1. The van der Waals surface area contributed by atoms with E-state index in [0.717, 1.165) is 0 Å². The number of hydrogen-bond acceptors (Lipinski definition) is 8. The van der Waals surface area contributed by atoms with E-state index in [2.05, 4.69) is 30.9 Å². The van der Waals surface area contributed by atoms with Gasteiger partial charge in [-0.3, -0.25) is 9.48 Å². The van der Waals surface area contributed by atoms with Crippen LogP contribution in [0.3, 0.4) is 0 Å². The van der Waals surface area contributed by atoms with E-state index in [1.807, 2.05) is 0 Å². The zero-order chi connectivity index (χ0) is 29.7. The quantitative estimate of drug-likeness (QED) is 0.272. The number of ether oxygens (including phenoxy) is 1. The Kier molecular flexibility index (Phi) is 8.82. The average Bonchev–Trinajstić information content (AvgIpc) is 3.38. The first-order valence-corrected chi connectivity index (χ1v) is 13.1. The van der Waals surface area contributed by atoms with Gasteiger partial charge in [0.1, 0.15) is 17.2 Å². The fraction of sp³-hybridized carbons (Fsp3) is 0.286. The van der Waals surface area contributed by atoms with Gasteiger partial charge in [-0.15, -0.1) is 0 Å². The lowest BCUT2D eigenvalue weighted by atomic mass is 10.1. The molecule has 214 valence electrons. The Hall–Kier alpha value is -4.58. The molecule has 0 bridgehead atoms. The number of rotatable bonds is 8. The van der Waals surface area contributed by atoms with Crippen LogP contribution in [0.4, 0.5) is 26.4 Å². The van der Waals surface area contributed by atoms with Gasteiger partial charge in [0.2, 0.25) is 0 Å². The number of aryl methyl sites for hydroxylation is 1. The molecule has 0 fully saturated rings. The molecule has 3 heterocycles. The Labute approximate surface area is 241 Å². The molecule has 0 aliphatic rings. The van der Waals surface area contributed by atoms with Gasteiger partial charge in [0.15, 0.2) is 0 Å². The molecule has 0 aliphatic heterocycles. The summed E-state index contributed by atoms with van der Waals surface area (Å²) in [6, 6.07) is 9.26. The molecule has 11 nitrogen and oxygen atoms in total. The van der Waals surface area contributed by atoms with Gasteiger partial charge in [0.25, 0.3) is 5.91 Å². The number of likely N-dealkylation sites (N-methyl/N-ethyl adjacent to an activating group) is 1. The topological polar surface area (TPSA) is 127 Å². The van der Waals surface area contributed by atoms with E-state index in [-0.39, 0.29) is 5.56 Å². The SMILES string of the molecule is Cc1nnc(-c2cc(Cl)ccc2F)cc1Nc1ccnc(NC(=O)c2cnn(CCN(C)C(=O)OC(C)(C)C)c2)c1. The minimum absolute atomic E-state index is 0.229. The van der Waals surface area contributed by atoms with Gasteiger partial charge in [-0.2, -0.15) is 15.3 Å². The van der Waals surface area contributed by atoms with Crippen LogP contribution < -0.4 is 10.6 Å². The number of amides is 2. The lowest BCUT2D eigenvalue weighted by Gasteiger charge is -2.24.